The molecule has 1 aromatic carbocycles. The van der Waals surface area contributed by atoms with Crippen molar-refractivity contribution < 1.29 is 24.5 Å². The fourth-order valence-corrected chi connectivity index (χ4v) is 2.39. The third kappa shape index (κ3) is 2.60. The number of carboxylic acids is 1. The summed E-state index contributed by atoms with van der Waals surface area (Å²) < 4.78 is 5.16. The van der Waals surface area contributed by atoms with E-state index in [1.165, 1.54) is 12.0 Å². The van der Waals surface area contributed by atoms with Crippen molar-refractivity contribution in [2.75, 3.05) is 13.7 Å². The zero-order chi connectivity index (χ0) is 14.9. The Morgan fingerprint density at radius 3 is 2.70 bits per heavy atom. The van der Waals surface area contributed by atoms with E-state index in [2.05, 4.69) is 0 Å². The van der Waals surface area contributed by atoms with Crippen molar-refractivity contribution in [2.24, 2.45) is 0 Å². The fourth-order valence-electron chi connectivity index (χ4n) is 2.39. The van der Waals surface area contributed by atoms with Crippen molar-refractivity contribution in [1.82, 2.24) is 4.90 Å². The summed E-state index contributed by atoms with van der Waals surface area (Å²) >= 11 is 0. The summed E-state index contributed by atoms with van der Waals surface area (Å²) in [5.41, 5.74) is 1.24. The molecule has 1 amide bonds. The topological polar surface area (TPSA) is 87.1 Å². The van der Waals surface area contributed by atoms with Gasteiger partial charge in [-0.05, 0) is 24.6 Å². The monoisotopic (exact) mass is 279 g/mol. The van der Waals surface area contributed by atoms with Crippen LogP contribution >= 0.6 is 0 Å². The molecular weight excluding hydrogens is 262 g/mol. The number of carbonyl (C=O) groups is 2. The molecule has 0 bridgehead atoms. The number of ether oxygens (including phenoxy) is 1. The van der Waals surface area contributed by atoms with Gasteiger partial charge in [-0.1, -0.05) is 6.07 Å². The first-order valence-electron chi connectivity index (χ1n) is 6.30. The molecule has 2 atom stereocenters. The Kier molecular flexibility index (Phi) is 3.94. The summed E-state index contributed by atoms with van der Waals surface area (Å²) in [6.07, 6.45) is -0.739. The molecule has 1 unspecified atom stereocenters. The lowest BCUT2D eigenvalue weighted by Gasteiger charge is -2.21. The predicted octanol–water partition coefficient (Wildman–Crippen LogP) is 0.664. The molecule has 1 heterocycles. The van der Waals surface area contributed by atoms with Crippen molar-refractivity contribution in [2.45, 2.75) is 25.5 Å². The van der Waals surface area contributed by atoms with Crippen LogP contribution in [0.3, 0.4) is 0 Å². The van der Waals surface area contributed by atoms with E-state index in [1.54, 1.807) is 18.2 Å². The van der Waals surface area contributed by atoms with Gasteiger partial charge in [-0.2, -0.15) is 0 Å². The van der Waals surface area contributed by atoms with Gasteiger partial charge >= 0.3 is 5.97 Å². The van der Waals surface area contributed by atoms with Gasteiger partial charge in [-0.3, -0.25) is 4.79 Å². The summed E-state index contributed by atoms with van der Waals surface area (Å²) in [5, 5.41) is 18.7. The van der Waals surface area contributed by atoms with Crippen LogP contribution in [0.25, 0.3) is 0 Å². The summed E-state index contributed by atoms with van der Waals surface area (Å²) in [6.45, 7) is 1.89. The van der Waals surface area contributed by atoms with Gasteiger partial charge in [-0.25, -0.2) is 4.79 Å². The van der Waals surface area contributed by atoms with Crippen LogP contribution in [0.1, 0.15) is 22.3 Å². The number of likely N-dealkylation sites (tertiary alicyclic amines) is 1. The number of methoxy groups -OCH3 is 1. The van der Waals surface area contributed by atoms with E-state index in [9.17, 15) is 14.7 Å². The van der Waals surface area contributed by atoms with Gasteiger partial charge < -0.3 is 19.8 Å². The van der Waals surface area contributed by atoms with Gasteiger partial charge in [0.25, 0.3) is 5.91 Å². The van der Waals surface area contributed by atoms with E-state index < -0.39 is 24.0 Å². The van der Waals surface area contributed by atoms with Crippen LogP contribution < -0.4 is 4.74 Å². The smallest absolute Gasteiger partial charge is 0.326 e. The Labute approximate surface area is 116 Å². The number of rotatable bonds is 3. The fraction of sp³-hybridized carbons (Fsp3) is 0.429. The van der Waals surface area contributed by atoms with E-state index in [0.717, 1.165) is 5.56 Å². The number of aryl methyl sites for hydroxylation is 1. The molecule has 2 rings (SSSR count). The second-order valence-corrected chi connectivity index (χ2v) is 4.89. The Balaban J connectivity index is 2.28. The molecule has 6 heteroatoms. The first kappa shape index (κ1) is 14.3. The third-order valence-corrected chi connectivity index (χ3v) is 3.48. The Morgan fingerprint density at radius 2 is 2.10 bits per heavy atom. The number of carbonyl (C=O) groups excluding carboxylic acids is 1. The maximum Gasteiger partial charge on any atom is 0.326 e. The molecule has 1 aliphatic heterocycles. The quantitative estimate of drug-likeness (QED) is 0.849. The molecular formula is C14H17NO5. The van der Waals surface area contributed by atoms with Crippen molar-refractivity contribution in [1.29, 1.82) is 0 Å². The number of aliphatic hydroxyl groups excluding tert-OH is 1. The Morgan fingerprint density at radius 1 is 1.40 bits per heavy atom. The lowest BCUT2D eigenvalue weighted by Crippen LogP contribution is -2.40. The largest absolute Gasteiger partial charge is 0.496 e. The Hall–Kier alpha value is -2.08. The van der Waals surface area contributed by atoms with Gasteiger partial charge in [0.1, 0.15) is 11.8 Å². The van der Waals surface area contributed by atoms with Crippen LogP contribution in [0.5, 0.6) is 5.75 Å². The number of aliphatic carboxylic acids is 1. The lowest BCUT2D eigenvalue weighted by atomic mass is 10.1. The molecule has 0 spiro atoms. The molecule has 0 radical (unpaired) electrons. The van der Waals surface area contributed by atoms with Gasteiger partial charge in [0.05, 0.1) is 13.2 Å². The van der Waals surface area contributed by atoms with Crippen molar-refractivity contribution in [3.8, 4) is 5.75 Å². The number of carboxylic acid groups (broad SMARTS) is 1. The number of aliphatic hydroxyl groups is 1. The van der Waals surface area contributed by atoms with Gasteiger partial charge in [0.2, 0.25) is 0 Å². The van der Waals surface area contributed by atoms with Crippen LogP contribution in [0.2, 0.25) is 0 Å². The molecule has 1 aromatic rings. The molecule has 108 valence electrons. The molecule has 6 nitrogen and oxygen atoms in total. The van der Waals surface area contributed by atoms with E-state index in [1.807, 2.05) is 6.92 Å². The summed E-state index contributed by atoms with van der Waals surface area (Å²) in [5.74, 6) is -0.941. The molecule has 1 fully saturated rings. The maximum absolute atomic E-state index is 12.4. The molecule has 20 heavy (non-hydrogen) atoms. The molecule has 0 aromatic heterocycles. The number of hydrogen-bond acceptors (Lipinski definition) is 4. The van der Waals surface area contributed by atoms with Crippen molar-refractivity contribution in [3.05, 3.63) is 29.3 Å². The second kappa shape index (κ2) is 5.50. The SMILES string of the molecule is COc1cc(C(=O)N2CC(O)C[C@H]2C(=O)O)ccc1C. The highest BCUT2D eigenvalue weighted by atomic mass is 16.5. The van der Waals surface area contributed by atoms with Crippen LogP contribution in [0, 0.1) is 6.92 Å². The van der Waals surface area contributed by atoms with E-state index >= 15 is 0 Å². The van der Waals surface area contributed by atoms with Crippen molar-refractivity contribution >= 4 is 11.9 Å². The van der Waals surface area contributed by atoms with Gasteiger partial charge in [0.15, 0.2) is 0 Å². The molecule has 1 saturated heterocycles. The summed E-state index contributed by atoms with van der Waals surface area (Å²) in [6, 6.07) is 3.98. The van der Waals surface area contributed by atoms with E-state index in [4.69, 9.17) is 9.84 Å². The number of nitrogens with zero attached hydrogens (tertiary/aromatic N) is 1. The second-order valence-electron chi connectivity index (χ2n) is 4.89. The van der Waals surface area contributed by atoms with E-state index in [-0.39, 0.29) is 13.0 Å². The zero-order valence-electron chi connectivity index (χ0n) is 11.4. The number of hydrogen-bond donors (Lipinski definition) is 2. The molecule has 2 N–H and O–H groups in total. The normalized spacial score (nSPS) is 21.9. The zero-order valence-corrected chi connectivity index (χ0v) is 11.4. The standard InChI is InChI=1S/C14H17NO5/c1-8-3-4-9(5-12(8)20-2)13(17)15-7-10(16)6-11(15)14(18)19/h3-5,10-11,16H,6-7H2,1-2H3,(H,18,19)/t10?,11-/m0/s1. The molecule has 0 saturated carbocycles. The predicted molar refractivity (Wildman–Crippen MR) is 70.8 cm³/mol. The van der Waals surface area contributed by atoms with Crippen molar-refractivity contribution in [3.63, 3.8) is 0 Å². The van der Waals surface area contributed by atoms with Gasteiger partial charge in [-0.15, -0.1) is 0 Å². The van der Waals surface area contributed by atoms with E-state index in [0.29, 0.717) is 11.3 Å². The van der Waals surface area contributed by atoms with Crippen LogP contribution in [0.15, 0.2) is 18.2 Å². The number of benzene rings is 1. The maximum atomic E-state index is 12.4. The number of amides is 1. The van der Waals surface area contributed by atoms with Gasteiger partial charge in [0, 0.05) is 18.5 Å². The Bertz CT molecular complexity index is 542. The lowest BCUT2D eigenvalue weighted by molar-refractivity contribution is -0.141. The average molecular weight is 279 g/mol. The number of β-amino-alcohol motifs (C(OH)–C–C–N with tert-alkyl or cyclic N) is 1. The minimum absolute atomic E-state index is 0.0337. The first-order chi connectivity index (χ1) is 9.43. The van der Waals surface area contributed by atoms with Crippen LogP contribution in [-0.4, -0.2) is 52.8 Å². The molecule has 0 aliphatic carbocycles. The average Bonchev–Trinajstić information content (AvgIpc) is 2.81. The highest BCUT2D eigenvalue weighted by molar-refractivity contribution is 5.97. The first-order valence-corrected chi connectivity index (χ1v) is 6.30. The third-order valence-electron chi connectivity index (χ3n) is 3.48. The highest BCUT2D eigenvalue weighted by Crippen LogP contribution is 2.24. The van der Waals surface area contributed by atoms with Crippen LogP contribution in [0.4, 0.5) is 0 Å². The minimum atomic E-state index is -1.10. The van der Waals surface area contributed by atoms with Crippen LogP contribution in [-0.2, 0) is 4.79 Å². The highest BCUT2D eigenvalue weighted by Gasteiger charge is 2.39. The molecule has 1 aliphatic rings. The summed E-state index contributed by atoms with van der Waals surface area (Å²) in [7, 11) is 1.51. The summed E-state index contributed by atoms with van der Waals surface area (Å²) in [4.78, 5) is 24.7. The minimum Gasteiger partial charge on any atom is -0.496 e.